The molecule has 1 rings (SSSR count). The average Bonchev–Trinajstić information content (AvgIpc) is 2.29. The van der Waals surface area contributed by atoms with Gasteiger partial charge in [-0.3, -0.25) is 0 Å². The Bertz CT molecular complexity index is 252. The van der Waals surface area contributed by atoms with E-state index in [1.54, 1.807) is 0 Å². The molecule has 0 aromatic carbocycles. The summed E-state index contributed by atoms with van der Waals surface area (Å²) in [5.74, 6) is 0. The molecule has 0 spiro atoms. The molecule has 0 aromatic heterocycles. The van der Waals surface area contributed by atoms with E-state index < -0.39 is 10.0 Å². The van der Waals surface area contributed by atoms with E-state index in [1.807, 2.05) is 0 Å². The quantitative estimate of drug-likeness (QED) is 0.595. The number of nitrogens with zero attached hydrogens (tertiary/aromatic N) is 1. The van der Waals surface area contributed by atoms with Gasteiger partial charge < -0.3 is 5.11 Å². The van der Waals surface area contributed by atoms with Crippen LogP contribution in [-0.2, 0) is 10.0 Å². The van der Waals surface area contributed by atoms with E-state index >= 15 is 0 Å². The van der Waals surface area contributed by atoms with Crippen molar-refractivity contribution in [2.24, 2.45) is 0 Å². The Morgan fingerprint density at radius 1 is 1.67 bits per heavy atom. The molecule has 0 aliphatic carbocycles. The van der Waals surface area contributed by atoms with Crippen LogP contribution in [0.1, 0.15) is 6.42 Å². The smallest absolute Gasteiger partial charge is 0.211 e. The van der Waals surface area contributed by atoms with Crippen molar-refractivity contribution in [2.45, 2.75) is 17.7 Å². The van der Waals surface area contributed by atoms with Crippen LogP contribution in [0.4, 0.5) is 0 Å². The third kappa shape index (κ3) is 2.12. The van der Waals surface area contributed by atoms with Crippen molar-refractivity contribution >= 4 is 22.7 Å². The molecule has 0 bridgehead atoms. The standard InChI is InChI=1S/C6H13NO3S2/c1-12(9,10)7-3-6(11)2-5(7)4-8/h5-6,8,11H,2-4H2,1H3/t5-,6+/m0/s1. The van der Waals surface area contributed by atoms with Crippen LogP contribution in [0.3, 0.4) is 0 Å². The van der Waals surface area contributed by atoms with Crippen molar-refractivity contribution in [3.63, 3.8) is 0 Å². The normalized spacial score (nSPS) is 32.6. The van der Waals surface area contributed by atoms with Gasteiger partial charge in [0.05, 0.1) is 12.9 Å². The number of sulfonamides is 1. The highest BCUT2D eigenvalue weighted by molar-refractivity contribution is 7.88. The Hall–Kier alpha value is 0.220. The van der Waals surface area contributed by atoms with Crippen LogP contribution in [0.25, 0.3) is 0 Å². The fourth-order valence-corrected chi connectivity index (χ4v) is 3.11. The van der Waals surface area contributed by atoms with Gasteiger partial charge in [0.2, 0.25) is 10.0 Å². The van der Waals surface area contributed by atoms with Gasteiger partial charge in [-0.25, -0.2) is 8.42 Å². The third-order valence-electron chi connectivity index (χ3n) is 1.98. The van der Waals surface area contributed by atoms with E-state index in [0.29, 0.717) is 13.0 Å². The zero-order chi connectivity index (χ0) is 9.35. The Morgan fingerprint density at radius 3 is 2.58 bits per heavy atom. The molecule has 0 radical (unpaired) electrons. The molecule has 1 aliphatic heterocycles. The van der Waals surface area contributed by atoms with Crippen molar-refractivity contribution in [1.82, 2.24) is 4.31 Å². The predicted octanol–water partition coefficient (Wildman–Crippen LogP) is -0.689. The second kappa shape index (κ2) is 3.53. The van der Waals surface area contributed by atoms with Crippen LogP contribution in [0, 0.1) is 0 Å². The van der Waals surface area contributed by atoms with Crippen molar-refractivity contribution < 1.29 is 13.5 Å². The Labute approximate surface area is 78.0 Å². The number of aliphatic hydroxyl groups is 1. The lowest BCUT2D eigenvalue weighted by molar-refractivity contribution is 0.214. The number of thiol groups is 1. The summed E-state index contributed by atoms with van der Waals surface area (Å²) in [5, 5.41) is 8.93. The summed E-state index contributed by atoms with van der Waals surface area (Å²) >= 11 is 4.18. The van der Waals surface area contributed by atoms with E-state index in [-0.39, 0.29) is 17.9 Å². The van der Waals surface area contributed by atoms with Crippen molar-refractivity contribution in [1.29, 1.82) is 0 Å². The summed E-state index contributed by atoms with van der Waals surface area (Å²) in [4.78, 5) is 0. The van der Waals surface area contributed by atoms with Crippen LogP contribution < -0.4 is 0 Å². The summed E-state index contributed by atoms with van der Waals surface area (Å²) in [5.41, 5.74) is 0. The molecule has 4 nitrogen and oxygen atoms in total. The van der Waals surface area contributed by atoms with Gasteiger partial charge in [0.1, 0.15) is 0 Å². The van der Waals surface area contributed by atoms with Gasteiger partial charge in [-0.15, -0.1) is 0 Å². The highest BCUT2D eigenvalue weighted by Gasteiger charge is 2.35. The summed E-state index contributed by atoms with van der Waals surface area (Å²) in [6, 6.07) is -0.275. The van der Waals surface area contributed by atoms with Crippen molar-refractivity contribution in [3.8, 4) is 0 Å². The molecule has 6 heteroatoms. The Kier molecular flexibility index (Phi) is 3.03. The van der Waals surface area contributed by atoms with Crippen LogP contribution in [-0.4, -0.2) is 48.5 Å². The Morgan fingerprint density at radius 2 is 2.25 bits per heavy atom. The lowest BCUT2D eigenvalue weighted by Crippen LogP contribution is -2.36. The summed E-state index contributed by atoms with van der Waals surface area (Å²) in [6.07, 6.45) is 1.79. The SMILES string of the molecule is CS(=O)(=O)N1C[C@H](S)C[C@H]1CO. The van der Waals surface area contributed by atoms with Gasteiger partial charge in [0, 0.05) is 17.8 Å². The molecule has 0 saturated carbocycles. The van der Waals surface area contributed by atoms with Gasteiger partial charge in [0.25, 0.3) is 0 Å². The monoisotopic (exact) mass is 211 g/mol. The molecule has 12 heavy (non-hydrogen) atoms. The van der Waals surface area contributed by atoms with Gasteiger partial charge in [-0.2, -0.15) is 16.9 Å². The fraction of sp³-hybridized carbons (Fsp3) is 1.00. The number of hydrogen-bond acceptors (Lipinski definition) is 4. The van der Waals surface area contributed by atoms with Gasteiger partial charge in [-0.05, 0) is 6.42 Å². The highest BCUT2D eigenvalue weighted by atomic mass is 32.2. The lowest BCUT2D eigenvalue weighted by Gasteiger charge is -2.19. The number of aliphatic hydroxyl groups excluding tert-OH is 1. The van der Waals surface area contributed by atoms with Gasteiger partial charge >= 0.3 is 0 Å². The zero-order valence-corrected chi connectivity index (χ0v) is 8.55. The molecular weight excluding hydrogens is 198 g/mol. The van der Waals surface area contributed by atoms with Crippen LogP contribution in [0.2, 0.25) is 0 Å². The number of hydrogen-bond donors (Lipinski definition) is 2. The minimum atomic E-state index is -3.17. The van der Waals surface area contributed by atoms with E-state index in [1.165, 1.54) is 4.31 Å². The minimum absolute atomic E-state index is 0.0527. The first kappa shape index (κ1) is 10.3. The molecule has 1 saturated heterocycles. The third-order valence-corrected chi connectivity index (χ3v) is 3.65. The van der Waals surface area contributed by atoms with Crippen LogP contribution in [0.5, 0.6) is 0 Å². The van der Waals surface area contributed by atoms with Gasteiger partial charge in [0.15, 0.2) is 0 Å². The molecule has 1 fully saturated rings. The second-order valence-corrected chi connectivity index (χ2v) is 5.72. The van der Waals surface area contributed by atoms with E-state index in [2.05, 4.69) is 12.6 Å². The van der Waals surface area contributed by atoms with Crippen molar-refractivity contribution in [3.05, 3.63) is 0 Å². The first-order valence-electron chi connectivity index (χ1n) is 3.71. The maximum Gasteiger partial charge on any atom is 0.211 e. The highest BCUT2D eigenvalue weighted by Crippen LogP contribution is 2.23. The first-order valence-corrected chi connectivity index (χ1v) is 6.07. The zero-order valence-electron chi connectivity index (χ0n) is 6.84. The largest absolute Gasteiger partial charge is 0.395 e. The second-order valence-electron chi connectivity index (χ2n) is 3.06. The summed E-state index contributed by atoms with van der Waals surface area (Å²) < 4.78 is 23.6. The molecule has 0 unspecified atom stereocenters. The molecule has 1 N–H and O–H groups in total. The first-order chi connectivity index (χ1) is 5.45. The maximum absolute atomic E-state index is 11.1. The summed E-state index contributed by atoms with van der Waals surface area (Å²) in [6.45, 7) is 0.289. The fourth-order valence-electron chi connectivity index (χ4n) is 1.43. The van der Waals surface area contributed by atoms with Gasteiger partial charge in [-0.1, -0.05) is 0 Å². The van der Waals surface area contributed by atoms with Crippen LogP contribution in [0.15, 0.2) is 0 Å². The molecule has 2 atom stereocenters. The average molecular weight is 211 g/mol. The van der Waals surface area contributed by atoms with E-state index in [9.17, 15) is 8.42 Å². The molecule has 0 amide bonds. The predicted molar refractivity (Wildman–Crippen MR) is 49.8 cm³/mol. The van der Waals surface area contributed by atoms with Crippen LogP contribution >= 0.6 is 12.6 Å². The van der Waals surface area contributed by atoms with Crippen molar-refractivity contribution in [2.75, 3.05) is 19.4 Å². The number of rotatable bonds is 2. The Balaban J connectivity index is 2.78. The molecule has 1 aliphatic rings. The van der Waals surface area contributed by atoms with E-state index in [4.69, 9.17) is 5.11 Å². The molecule has 1 heterocycles. The minimum Gasteiger partial charge on any atom is -0.395 e. The lowest BCUT2D eigenvalue weighted by atomic mass is 10.2. The molecule has 72 valence electrons. The summed E-state index contributed by atoms with van der Waals surface area (Å²) in [7, 11) is -3.17. The molecular formula is C6H13NO3S2. The maximum atomic E-state index is 11.1. The molecule has 0 aromatic rings. The topological polar surface area (TPSA) is 57.6 Å². The van der Waals surface area contributed by atoms with E-state index in [0.717, 1.165) is 6.26 Å².